The molecule has 0 saturated heterocycles. The van der Waals surface area contributed by atoms with Crippen LogP contribution in [0.4, 0.5) is 5.69 Å². The van der Waals surface area contributed by atoms with Gasteiger partial charge in [-0.05, 0) is 48.7 Å². The van der Waals surface area contributed by atoms with Gasteiger partial charge < -0.3 is 10.1 Å². The van der Waals surface area contributed by atoms with E-state index >= 15 is 0 Å². The number of hydrogen-bond acceptors (Lipinski definition) is 2. The Morgan fingerprint density at radius 1 is 1.11 bits per heavy atom. The fourth-order valence-corrected chi connectivity index (χ4v) is 2.11. The first-order chi connectivity index (χ1) is 9.10. The molecule has 0 atom stereocenters. The highest BCUT2D eigenvalue weighted by Gasteiger charge is 2.03. The number of hydrogen-bond donors (Lipinski definition) is 1. The minimum atomic E-state index is 0.722. The van der Waals surface area contributed by atoms with Crippen molar-refractivity contribution in [2.75, 3.05) is 12.4 Å². The van der Waals surface area contributed by atoms with Crippen LogP contribution in [0.15, 0.2) is 36.4 Å². The summed E-state index contributed by atoms with van der Waals surface area (Å²) in [5.41, 5.74) is 4.45. The first-order valence-corrected chi connectivity index (χ1v) is 6.61. The highest BCUT2D eigenvalue weighted by molar-refractivity contribution is 6.31. The van der Waals surface area contributed by atoms with Crippen molar-refractivity contribution < 1.29 is 4.74 Å². The fraction of sp³-hybridized carbons (Fsp3) is 0.250. The van der Waals surface area contributed by atoms with Gasteiger partial charge in [-0.3, -0.25) is 0 Å². The predicted molar refractivity (Wildman–Crippen MR) is 81.2 cm³/mol. The molecule has 0 fully saturated rings. The minimum absolute atomic E-state index is 0.722. The number of nitrogens with one attached hydrogen (secondary N) is 1. The van der Waals surface area contributed by atoms with Gasteiger partial charge in [-0.1, -0.05) is 29.8 Å². The van der Waals surface area contributed by atoms with E-state index in [2.05, 4.69) is 24.4 Å². The van der Waals surface area contributed by atoms with E-state index in [1.165, 1.54) is 5.56 Å². The van der Waals surface area contributed by atoms with Crippen LogP contribution in [-0.2, 0) is 6.54 Å². The van der Waals surface area contributed by atoms with E-state index in [1.54, 1.807) is 7.11 Å². The van der Waals surface area contributed by atoms with Crippen LogP contribution < -0.4 is 10.1 Å². The summed E-state index contributed by atoms with van der Waals surface area (Å²) in [7, 11) is 1.68. The molecule has 2 rings (SSSR count). The van der Waals surface area contributed by atoms with Gasteiger partial charge in [0.25, 0.3) is 0 Å². The van der Waals surface area contributed by atoms with Crippen LogP contribution in [0.2, 0.25) is 5.02 Å². The van der Waals surface area contributed by atoms with E-state index in [-0.39, 0.29) is 0 Å². The number of ether oxygens (including phenoxy) is 1. The van der Waals surface area contributed by atoms with Crippen LogP contribution in [0, 0.1) is 13.8 Å². The minimum Gasteiger partial charge on any atom is -0.495 e. The highest BCUT2D eigenvalue weighted by atomic mass is 35.5. The van der Waals surface area contributed by atoms with Gasteiger partial charge in [-0.25, -0.2) is 0 Å². The van der Waals surface area contributed by atoms with Crippen LogP contribution in [-0.4, -0.2) is 7.11 Å². The number of halogens is 1. The second-order valence-corrected chi connectivity index (χ2v) is 5.05. The van der Waals surface area contributed by atoms with Gasteiger partial charge in [0, 0.05) is 11.6 Å². The van der Waals surface area contributed by atoms with Gasteiger partial charge in [0.2, 0.25) is 0 Å². The number of rotatable bonds is 4. The molecule has 0 aromatic heterocycles. The molecule has 0 heterocycles. The molecule has 0 unspecified atom stereocenters. The summed E-state index contributed by atoms with van der Waals surface area (Å²) < 4.78 is 5.34. The summed E-state index contributed by atoms with van der Waals surface area (Å²) >= 11 is 6.13. The van der Waals surface area contributed by atoms with Crippen LogP contribution in [0.5, 0.6) is 5.75 Å². The van der Waals surface area contributed by atoms with E-state index in [1.807, 2.05) is 31.2 Å². The van der Waals surface area contributed by atoms with Gasteiger partial charge in [-0.2, -0.15) is 0 Å². The van der Waals surface area contributed by atoms with Gasteiger partial charge in [-0.15, -0.1) is 0 Å². The van der Waals surface area contributed by atoms with E-state index in [0.29, 0.717) is 0 Å². The summed E-state index contributed by atoms with van der Waals surface area (Å²) in [4.78, 5) is 0. The summed E-state index contributed by atoms with van der Waals surface area (Å²) in [6, 6.07) is 12.2. The lowest BCUT2D eigenvalue weighted by atomic mass is 10.1. The Balaban J connectivity index is 2.13. The van der Waals surface area contributed by atoms with Crippen LogP contribution in [0.25, 0.3) is 0 Å². The molecule has 2 nitrogen and oxygen atoms in total. The second kappa shape index (κ2) is 5.98. The lowest BCUT2D eigenvalue weighted by molar-refractivity contribution is 0.416. The lowest BCUT2D eigenvalue weighted by Crippen LogP contribution is -2.02. The zero-order valence-corrected chi connectivity index (χ0v) is 12.2. The van der Waals surface area contributed by atoms with Crippen molar-refractivity contribution in [2.45, 2.75) is 20.4 Å². The summed E-state index contributed by atoms with van der Waals surface area (Å²) in [6.07, 6.45) is 0. The molecular formula is C16H18ClNO. The van der Waals surface area contributed by atoms with Crippen molar-refractivity contribution in [1.29, 1.82) is 0 Å². The predicted octanol–water partition coefficient (Wildman–Crippen LogP) is 4.58. The molecule has 0 bridgehead atoms. The molecule has 19 heavy (non-hydrogen) atoms. The molecule has 100 valence electrons. The zero-order chi connectivity index (χ0) is 13.8. The molecule has 1 N–H and O–H groups in total. The molecule has 2 aromatic rings. The molecule has 0 aliphatic rings. The SMILES string of the molecule is COc1ccc(C)cc1NCc1ccc(C)c(Cl)c1. The maximum Gasteiger partial charge on any atom is 0.141 e. The van der Waals surface area contributed by atoms with E-state index in [0.717, 1.165) is 34.1 Å². The van der Waals surface area contributed by atoms with Gasteiger partial charge in [0.15, 0.2) is 0 Å². The maximum atomic E-state index is 6.13. The molecule has 0 saturated carbocycles. The Labute approximate surface area is 119 Å². The maximum absolute atomic E-state index is 6.13. The van der Waals surface area contributed by atoms with E-state index in [9.17, 15) is 0 Å². The van der Waals surface area contributed by atoms with Crippen molar-refractivity contribution in [3.05, 3.63) is 58.1 Å². The Kier molecular flexibility index (Phi) is 4.33. The molecular weight excluding hydrogens is 258 g/mol. The molecule has 0 aliphatic heterocycles. The normalized spacial score (nSPS) is 10.3. The average molecular weight is 276 g/mol. The first-order valence-electron chi connectivity index (χ1n) is 6.23. The quantitative estimate of drug-likeness (QED) is 0.882. The number of anilines is 1. The lowest BCUT2D eigenvalue weighted by Gasteiger charge is -2.12. The molecule has 0 spiro atoms. The third kappa shape index (κ3) is 3.42. The molecule has 3 heteroatoms. The van der Waals surface area contributed by atoms with Crippen molar-refractivity contribution in [3.8, 4) is 5.75 Å². The van der Waals surface area contributed by atoms with Gasteiger partial charge in [0.05, 0.1) is 12.8 Å². The van der Waals surface area contributed by atoms with Crippen LogP contribution in [0.3, 0.4) is 0 Å². The van der Waals surface area contributed by atoms with Crippen LogP contribution in [0.1, 0.15) is 16.7 Å². The Bertz CT molecular complexity index is 581. The summed E-state index contributed by atoms with van der Waals surface area (Å²) in [5.74, 6) is 0.851. The number of aryl methyl sites for hydroxylation is 2. The highest BCUT2D eigenvalue weighted by Crippen LogP contribution is 2.26. The Morgan fingerprint density at radius 3 is 2.58 bits per heavy atom. The van der Waals surface area contributed by atoms with Crippen LogP contribution >= 0.6 is 11.6 Å². The largest absolute Gasteiger partial charge is 0.495 e. The van der Waals surface area contributed by atoms with E-state index < -0.39 is 0 Å². The first kappa shape index (κ1) is 13.8. The monoisotopic (exact) mass is 275 g/mol. The smallest absolute Gasteiger partial charge is 0.141 e. The third-order valence-electron chi connectivity index (χ3n) is 3.07. The average Bonchev–Trinajstić information content (AvgIpc) is 2.40. The molecule has 2 aromatic carbocycles. The van der Waals surface area contributed by atoms with Gasteiger partial charge in [0.1, 0.15) is 5.75 Å². The van der Waals surface area contributed by atoms with Gasteiger partial charge >= 0.3 is 0 Å². The number of benzene rings is 2. The summed E-state index contributed by atoms with van der Waals surface area (Å²) in [5, 5.41) is 4.19. The number of methoxy groups -OCH3 is 1. The standard InChI is InChI=1S/C16H18ClNO/c1-11-4-7-16(19-3)15(8-11)18-10-13-6-5-12(2)14(17)9-13/h4-9,18H,10H2,1-3H3. The topological polar surface area (TPSA) is 21.3 Å². The van der Waals surface area contributed by atoms with Crippen molar-refractivity contribution >= 4 is 17.3 Å². The van der Waals surface area contributed by atoms with E-state index in [4.69, 9.17) is 16.3 Å². The van der Waals surface area contributed by atoms with Crippen molar-refractivity contribution in [2.24, 2.45) is 0 Å². The van der Waals surface area contributed by atoms with Crippen molar-refractivity contribution in [1.82, 2.24) is 0 Å². The molecule has 0 aliphatic carbocycles. The fourth-order valence-electron chi connectivity index (χ4n) is 1.90. The molecule has 0 amide bonds. The molecule has 0 radical (unpaired) electrons. The third-order valence-corrected chi connectivity index (χ3v) is 3.48. The van der Waals surface area contributed by atoms with Crippen molar-refractivity contribution in [3.63, 3.8) is 0 Å². The second-order valence-electron chi connectivity index (χ2n) is 4.64. The Morgan fingerprint density at radius 2 is 1.89 bits per heavy atom. The zero-order valence-electron chi connectivity index (χ0n) is 11.5. The Hall–Kier alpha value is -1.67. The summed E-state index contributed by atoms with van der Waals surface area (Å²) in [6.45, 7) is 4.79.